The van der Waals surface area contributed by atoms with E-state index in [1.165, 1.54) is 0 Å². The zero-order valence-corrected chi connectivity index (χ0v) is 10.8. The second kappa shape index (κ2) is 4.57. The second-order valence-corrected chi connectivity index (χ2v) is 5.19. The van der Waals surface area contributed by atoms with Gasteiger partial charge in [-0.05, 0) is 25.5 Å². The first-order valence-electron chi connectivity index (χ1n) is 5.64. The molecule has 1 atom stereocenters. The topological polar surface area (TPSA) is 38.3 Å². The van der Waals surface area contributed by atoms with Crippen LogP contribution < -0.4 is 10.1 Å². The Balaban J connectivity index is 2.01. The zero-order chi connectivity index (χ0) is 12.5. The number of carbonyl (C=O) groups excluding carboxylic acids is 1. The highest BCUT2D eigenvalue weighted by Crippen LogP contribution is 2.28. The third kappa shape index (κ3) is 2.72. The SMILES string of the molecule is CC(C)(CCl)NC(=O)C1Cc2ccccc2O1. The van der Waals surface area contributed by atoms with Crippen LogP contribution in [0.15, 0.2) is 24.3 Å². The van der Waals surface area contributed by atoms with E-state index >= 15 is 0 Å². The molecule has 1 unspecified atom stereocenters. The molecule has 17 heavy (non-hydrogen) atoms. The number of fused-ring (bicyclic) bond motifs is 1. The van der Waals surface area contributed by atoms with E-state index in [0.717, 1.165) is 11.3 Å². The lowest BCUT2D eigenvalue weighted by atomic mass is 10.1. The van der Waals surface area contributed by atoms with Crippen molar-refractivity contribution in [3.05, 3.63) is 29.8 Å². The minimum Gasteiger partial charge on any atom is -0.480 e. The second-order valence-electron chi connectivity index (χ2n) is 4.93. The van der Waals surface area contributed by atoms with E-state index in [2.05, 4.69) is 5.32 Å². The summed E-state index contributed by atoms with van der Waals surface area (Å²) in [4.78, 5) is 12.0. The number of carbonyl (C=O) groups is 1. The number of alkyl halides is 1. The molecule has 4 heteroatoms. The average Bonchev–Trinajstić information content (AvgIpc) is 2.72. The molecule has 0 bridgehead atoms. The highest BCUT2D eigenvalue weighted by atomic mass is 35.5. The minimum absolute atomic E-state index is 0.105. The molecule has 1 heterocycles. The van der Waals surface area contributed by atoms with E-state index in [-0.39, 0.29) is 5.91 Å². The number of hydrogen-bond acceptors (Lipinski definition) is 2. The summed E-state index contributed by atoms with van der Waals surface area (Å²) < 4.78 is 5.60. The third-order valence-corrected chi connectivity index (χ3v) is 3.40. The lowest BCUT2D eigenvalue weighted by Gasteiger charge is -2.25. The van der Waals surface area contributed by atoms with Gasteiger partial charge in [0.25, 0.3) is 5.91 Å². The van der Waals surface area contributed by atoms with Crippen LogP contribution in [0.2, 0.25) is 0 Å². The first kappa shape index (κ1) is 12.2. The van der Waals surface area contributed by atoms with Gasteiger partial charge in [0.05, 0.1) is 0 Å². The number of nitrogens with one attached hydrogen (secondary N) is 1. The molecule has 0 saturated carbocycles. The first-order valence-corrected chi connectivity index (χ1v) is 6.18. The standard InChI is InChI=1S/C13H16ClNO2/c1-13(2,8-14)15-12(16)11-7-9-5-3-4-6-10(9)17-11/h3-6,11H,7-8H2,1-2H3,(H,15,16). The summed E-state index contributed by atoms with van der Waals surface area (Å²) in [6, 6.07) is 7.72. The molecule has 1 aliphatic heterocycles. The van der Waals surface area contributed by atoms with E-state index < -0.39 is 11.6 Å². The van der Waals surface area contributed by atoms with Gasteiger partial charge in [-0.15, -0.1) is 11.6 Å². The lowest BCUT2D eigenvalue weighted by molar-refractivity contribution is -0.128. The first-order chi connectivity index (χ1) is 8.02. The quantitative estimate of drug-likeness (QED) is 0.838. The summed E-state index contributed by atoms with van der Waals surface area (Å²) in [5, 5.41) is 2.89. The van der Waals surface area contributed by atoms with Crippen molar-refractivity contribution in [3.8, 4) is 5.75 Å². The highest BCUT2D eigenvalue weighted by molar-refractivity contribution is 6.18. The fourth-order valence-corrected chi connectivity index (χ4v) is 1.84. The van der Waals surface area contributed by atoms with Gasteiger partial charge in [-0.3, -0.25) is 4.79 Å². The van der Waals surface area contributed by atoms with Crippen LogP contribution in [0.5, 0.6) is 5.75 Å². The Hall–Kier alpha value is -1.22. The minimum atomic E-state index is -0.435. The molecule has 0 aliphatic carbocycles. The van der Waals surface area contributed by atoms with Crippen molar-refractivity contribution < 1.29 is 9.53 Å². The molecule has 1 aromatic carbocycles. The van der Waals surface area contributed by atoms with Crippen molar-refractivity contribution in [2.45, 2.75) is 31.9 Å². The molecular weight excluding hydrogens is 238 g/mol. The van der Waals surface area contributed by atoms with Crippen LogP contribution in [0.1, 0.15) is 19.4 Å². The lowest BCUT2D eigenvalue weighted by Crippen LogP contribution is -2.50. The fourth-order valence-electron chi connectivity index (χ4n) is 1.78. The number of amides is 1. The molecule has 0 radical (unpaired) electrons. The van der Waals surface area contributed by atoms with Crippen LogP contribution in [-0.4, -0.2) is 23.4 Å². The summed E-state index contributed by atoms with van der Waals surface area (Å²) in [6.45, 7) is 3.78. The number of para-hydroxylation sites is 1. The van der Waals surface area contributed by atoms with Gasteiger partial charge in [0.2, 0.25) is 0 Å². The Morgan fingerprint density at radius 3 is 2.88 bits per heavy atom. The van der Waals surface area contributed by atoms with Gasteiger partial charge < -0.3 is 10.1 Å². The molecule has 1 aliphatic rings. The van der Waals surface area contributed by atoms with E-state index in [0.29, 0.717) is 12.3 Å². The van der Waals surface area contributed by atoms with Gasteiger partial charge in [0, 0.05) is 17.8 Å². The molecule has 0 spiro atoms. The number of halogens is 1. The van der Waals surface area contributed by atoms with Crippen LogP contribution >= 0.6 is 11.6 Å². The summed E-state index contributed by atoms with van der Waals surface area (Å²) in [5.74, 6) is 1.07. The molecule has 1 aromatic rings. The van der Waals surface area contributed by atoms with Crippen LogP contribution in [0, 0.1) is 0 Å². The van der Waals surface area contributed by atoms with E-state index in [1.807, 2.05) is 38.1 Å². The molecule has 1 N–H and O–H groups in total. The van der Waals surface area contributed by atoms with Crippen molar-refractivity contribution in [3.63, 3.8) is 0 Å². The molecule has 2 rings (SSSR count). The number of benzene rings is 1. The smallest absolute Gasteiger partial charge is 0.261 e. The van der Waals surface area contributed by atoms with Crippen molar-refractivity contribution in [1.82, 2.24) is 5.32 Å². The number of rotatable bonds is 3. The summed E-state index contributed by atoms with van der Waals surface area (Å²) in [6.07, 6.45) is 0.190. The van der Waals surface area contributed by atoms with Crippen molar-refractivity contribution >= 4 is 17.5 Å². The van der Waals surface area contributed by atoms with Gasteiger partial charge in [0.15, 0.2) is 6.10 Å². The molecule has 0 aromatic heterocycles. The van der Waals surface area contributed by atoms with Crippen LogP contribution in [0.25, 0.3) is 0 Å². The maximum absolute atomic E-state index is 12.0. The predicted molar refractivity (Wildman–Crippen MR) is 67.5 cm³/mol. The zero-order valence-electron chi connectivity index (χ0n) is 10.00. The molecule has 0 saturated heterocycles. The van der Waals surface area contributed by atoms with Crippen molar-refractivity contribution in [1.29, 1.82) is 0 Å². The maximum Gasteiger partial charge on any atom is 0.261 e. The molecule has 1 amide bonds. The van der Waals surface area contributed by atoms with Crippen molar-refractivity contribution in [2.75, 3.05) is 5.88 Å². The number of hydrogen-bond donors (Lipinski definition) is 1. The van der Waals surface area contributed by atoms with Crippen molar-refractivity contribution in [2.24, 2.45) is 0 Å². The monoisotopic (exact) mass is 253 g/mol. The summed E-state index contributed by atoms with van der Waals surface area (Å²) in [5.41, 5.74) is 0.674. The Kier molecular flexibility index (Phi) is 3.29. The molecule has 92 valence electrons. The largest absolute Gasteiger partial charge is 0.480 e. The Bertz CT molecular complexity index is 406. The van der Waals surface area contributed by atoms with Gasteiger partial charge in [0.1, 0.15) is 5.75 Å². The molecule has 0 fully saturated rings. The number of ether oxygens (including phenoxy) is 1. The van der Waals surface area contributed by atoms with E-state index in [9.17, 15) is 4.79 Å². The Morgan fingerprint density at radius 2 is 2.24 bits per heavy atom. The third-order valence-electron chi connectivity index (χ3n) is 2.74. The maximum atomic E-state index is 12.0. The van der Waals surface area contributed by atoms with Gasteiger partial charge >= 0.3 is 0 Å². The predicted octanol–water partition coefficient (Wildman–Crippen LogP) is 2.12. The van der Waals surface area contributed by atoms with Gasteiger partial charge in [-0.25, -0.2) is 0 Å². The molecular formula is C13H16ClNO2. The normalized spacial score (nSPS) is 18.4. The van der Waals surface area contributed by atoms with Gasteiger partial charge in [-0.1, -0.05) is 18.2 Å². The van der Waals surface area contributed by atoms with Gasteiger partial charge in [-0.2, -0.15) is 0 Å². The fraction of sp³-hybridized carbons (Fsp3) is 0.462. The Morgan fingerprint density at radius 1 is 1.53 bits per heavy atom. The van der Waals surface area contributed by atoms with E-state index in [1.54, 1.807) is 0 Å². The average molecular weight is 254 g/mol. The highest BCUT2D eigenvalue weighted by Gasteiger charge is 2.31. The van der Waals surface area contributed by atoms with Crippen LogP contribution in [0.4, 0.5) is 0 Å². The Labute approximate surface area is 106 Å². The van der Waals surface area contributed by atoms with Crippen LogP contribution in [-0.2, 0) is 11.2 Å². The summed E-state index contributed by atoms with van der Waals surface area (Å²) >= 11 is 5.78. The van der Waals surface area contributed by atoms with E-state index in [4.69, 9.17) is 16.3 Å². The molecule has 3 nitrogen and oxygen atoms in total. The summed E-state index contributed by atoms with van der Waals surface area (Å²) in [7, 11) is 0. The van der Waals surface area contributed by atoms with Crippen LogP contribution in [0.3, 0.4) is 0 Å².